The molecule has 4 aromatic carbocycles. The fourth-order valence-corrected chi connectivity index (χ4v) is 13.9. The summed E-state index contributed by atoms with van der Waals surface area (Å²) in [5.41, 5.74) is -6.05. The molecule has 2 atom stereocenters. The number of hydrogen-bond donors (Lipinski definition) is 2. The van der Waals surface area contributed by atoms with Gasteiger partial charge in [0, 0.05) is 29.8 Å². The second-order valence-corrected chi connectivity index (χ2v) is 23.0. The number of ether oxygens (including phenoxy) is 1. The van der Waals surface area contributed by atoms with Crippen molar-refractivity contribution in [2.75, 3.05) is 44.0 Å². The molecule has 1 fully saturated rings. The fourth-order valence-electron chi connectivity index (χ4n) is 6.72. The van der Waals surface area contributed by atoms with Gasteiger partial charge < -0.3 is 14.5 Å². The number of benzene rings is 4. The topological polar surface area (TPSA) is 128 Å². The van der Waals surface area contributed by atoms with Gasteiger partial charge in [0.05, 0.1) is 36.4 Å². The number of primary sulfonamides is 1. The van der Waals surface area contributed by atoms with Crippen LogP contribution >= 0.6 is 11.8 Å². The maximum atomic E-state index is 13.9. The molecule has 1 heterocycles. The highest BCUT2D eigenvalue weighted by Gasteiger charge is 2.51. The van der Waals surface area contributed by atoms with E-state index in [0.29, 0.717) is 51.2 Å². The van der Waals surface area contributed by atoms with Crippen LogP contribution in [-0.2, 0) is 29.0 Å². The van der Waals surface area contributed by atoms with Gasteiger partial charge in [0.15, 0.2) is 0 Å². The Balaban J connectivity index is 1.43. The van der Waals surface area contributed by atoms with Crippen molar-refractivity contribution < 1.29 is 39.2 Å². The zero-order valence-electron chi connectivity index (χ0n) is 30.3. The molecule has 5 rings (SSSR count). The summed E-state index contributed by atoms with van der Waals surface area (Å²) in [6.45, 7) is 8.96. The van der Waals surface area contributed by atoms with E-state index in [1.165, 1.54) is 11.8 Å². The van der Waals surface area contributed by atoms with Crippen molar-refractivity contribution in [2.24, 2.45) is 5.14 Å². The first-order valence-corrected chi connectivity index (χ1v) is 23.4. The Kier molecular flexibility index (Phi) is 13.4. The average Bonchev–Trinajstić information content (AvgIpc) is 3.13. The van der Waals surface area contributed by atoms with Gasteiger partial charge in [-0.05, 0) is 52.2 Å². The second-order valence-electron chi connectivity index (χ2n) is 14.1. The van der Waals surface area contributed by atoms with E-state index in [1.807, 2.05) is 66.7 Å². The molecular formula is C38H46F3N3O6S3Si. The van der Waals surface area contributed by atoms with Gasteiger partial charge in [-0.3, -0.25) is 4.90 Å². The summed E-state index contributed by atoms with van der Waals surface area (Å²) in [4.78, 5) is 1.21. The normalized spacial score (nSPS) is 16.9. The Morgan fingerprint density at radius 3 is 2.02 bits per heavy atom. The van der Waals surface area contributed by atoms with Gasteiger partial charge in [0.25, 0.3) is 18.2 Å². The summed E-state index contributed by atoms with van der Waals surface area (Å²) < 4.78 is 104. The molecule has 0 spiro atoms. The molecule has 1 aliphatic heterocycles. The maximum absolute atomic E-state index is 13.9. The van der Waals surface area contributed by atoms with Crippen LogP contribution < -0.4 is 20.8 Å². The first-order chi connectivity index (χ1) is 25.4. The molecule has 0 amide bonds. The standard InChI is InChI=1S/C38H46F3N3O6S3Si/c1-37(2,3)54(33-15-9-5-10-16-33,34-17-11-6-12-18-34)50-27-30-26-49-24-23-44(30)22-21-29(28-51-31-13-7-4-8-14-31)43-35-20-19-32(53(42,47)48)25-36(35)52(45,46)38(39,40)41/h4-20,25,29-30,43H,21-24,26-28H2,1-3H3,(H2,42,47,48)/t29-,30-/m1/s1. The Hall–Kier alpha value is -3.22. The van der Waals surface area contributed by atoms with E-state index < -0.39 is 49.5 Å². The zero-order chi connectivity index (χ0) is 39.2. The molecule has 0 aromatic heterocycles. The van der Waals surface area contributed by atoms with Gasteiger partial charge in [-0.25, -0.2) is 22.0 Å². The number of sulfonamides is 1. The third kappa shape index (κ3) is 9.77. The molecule has 0 saturated carbocycles. The van der Waals surface area contributed by atoms with Crippen molar-refractivity contribution in [1.29, 1.82) is 0 Å². The van der Waals surface area contributed by atoms with Crippen molar-refractivity contribution in [3.05, 3.63) is 109 Å². The third-order valence-corrected chi connectivity index (χ3v) is 18.1. The van der Waals surface area contributed by atoms with Crippen LogP contribution in [0.15, 0.2) is 124 Å². The van der Waals surface area contributed by atoms with Gasteiger partial charge in [-0.2, -0.15) is 13.2 Å². The largest absolute Gasteiger partial charge is 0.501 e. The minimum absolute atomic E-state index is 0.141. The average molecular weight is 822 g/mol. The predicted molar refractivity (Wildman–Crippen MR) is 210 cm³/mol. The highest BCUT2D eigenvalue weighted by Crippen LogP contribution is 2.38. The fraction of sp³-hybridized carbons (Fsp3) is 0.368. The number of anilines is 1. The van der Waals surface area contributed by atoms with E-state index in [1.54, 1.807) is 0 Å². The minimum atomic E-state index is -5.96. The molecule has 0 bridgehead atoms. The number of halogens is 3. The quantitative estimate of drug-likeness (QED) is 0.112. The maximum Gasteiger partial charge on any atom is 0.501 e. The highest BCUT2D eigenvalue weighted by atomic mass is 32.2. The molecule has 1 aliphatic rings. The summed E-state index contributed by atoms with van der Waals surface area (Å²) in [5, 5.41) is 10.3. The Morgan fingerprint density at radius 1 is 0.907 bits per heavy atom. The molecular weight excluding hydrogens is 776 g/mol. The molecule has 0 radical (unpaired) electrons. The number of alkyl halides is 3. The molecule has 0 aliphatic carbocycles. The second kappa shape index (κ2) is 17.3. The van der Waals surface area contributed by atoms with Crippen LogP contribution in [-0.4, -0.2) is 86.3 Å². The molecule has 1 saturated heterocycles. The van der Waals surface area contributed by atoms with Crippen LogP contribution in [0.2, 0.25) is 5.04 Å². The lowest BCUT2D eigenvalue weighted by molar-refractivity contribution is -0.0435. The molecule has 54 heavy (non-hydrogen) atoms. The van der Waals surface area contributed by atoms with Crippen LogP contribution in [0.3, 0.4) is 0 Å². The monoisotopic (exact) mass is 821 g/mol. The van der Waals surface area contributed by atoms with Crippen molar-refractivity contribution in [3.8, 4) is 0 Å². The molecule has 3 N–H and O–H groups in total. The van der Waals surface area contributed by atoms with Gasteiger partial charge in [0.2, 0.25) is 10.0 Å². The van der Waals surface area contributed by atoms with Crippen molar-refractivity contribution >= 4 is 56.0 Å². The van der Waals surface area contributed by atoms with E-state index in [2.05, 4.69) is 55.3 Å². The first-order valence-electron chi connectivity index (χ1n) is 17.4. The smallest absolute Gasteiger partial charge is 0.406 e. The number of sulfone groups is 1. The number of nitrogens with one attached hydrogen (secondary N) is 1. The SMILES string of the molecule is CC(C)(C)[Si](OC[C@H]1COCCN1CC[C@H](CSc1ccccc1)Nc1ccc(S(N)(=O)=O)cc1S(=O)(=O)C(F)(F)F)(c1ccccc1)c1ccccc1. The number of morpholine rings is 1. The molecule has 16 heteroatoms. The van der Waals surface area contributed by atoms with E-state index in [4.69, 9.17) is 14.3 Å². The lowest BCUT2D eigenvalue weighted by Crippen LogP contribution is -2.67. The van der Waals surface area contributed by atoms with Crippen molar-refractivity contribution in [3.63, 3.8) is 0 Å². The van der Waals surface area contributed by atoms with Crippen LogP contribution in [0.5, 0.6) is 0 Å². The molecule has 0 unspecified atom stereocenters. The number of hydrogen-bond acceptors (Lipinski definition) is 9. The van der Waals surface area contributed by atoms with Crippen LogP contribution in [0, 0.1) is 0 Å². The lowest BCUT2D eigenvalue weighted by Gasteiger charge is -2.45. The highest BCUT2D eigenvalue weighted by molar-refractivity contribution is 7.99. The number of nitrogens with two attached hydrogens (primary N) is 1. The number of nitrogens with zero attached hydrogens (tertiary/aromatic N) is 1. The number of rotatable bonds is 15. The minimum Gasteiger partial charge on any atom is -0.406 e. The first kappa shape index (κ1) is 41.9. The molecule has 292 valence electrons. The summed E-state index contributed by atoms with van der Waals surface area (Å²) in [6.07, 6.45) is 0.401. The Morgan fingerprint density at radius 2 is 1.48 bits per heavy atom. The van der Waals surface area contributed by atoms with Crippen molar-refractivity contribution in [2.45, 2.75) is 64.5 Å². The van der Waals surface area contributed by atoms with E-state index >= 15 is 0 Å². The van der Waals surface area contributed by atoms with Crippen LogP contribution in [0.1, 0.15) is 27.2 Å². The third-order valence-electron chi connectivity index (χ3n) is 9.45. The van der Waals surface area contributed by atoms with Gasteiger partial charge in [-0.15, -0.1) is 11.8 Å². The Bertz CT molecular complexity index is 2020. The molecule has 9 nitrogen and oxygen atoms in total. The van der Waals surface area contributed by atoms with Crippen LogP contribution in [0.25, 0.3) is 0 Å². The van der Waals surface area contributed by atoms with E-state index in [-0.39, 0.29) is 16.8 Å². The summed E-state index contributed by atoms with van der Waals surface area (Å²) in [6, 6.07) is 31.8. The van der Waals surface area contributed by atoms with Crippen molar-refractivity contribution in [1.82, 2.24) is 4.90 Å². The predicted octanol–water partition coefficient (Wildman–Crippen LogP) is 5.87. The summed E-state index contributed by atoms with van der Waals surface area (Å²) in [7, 11) is -13.3. The summed E-state index contributed by atoms with van der Waals surface area (Å²) >= 11 is 1.46. The van der Waals surface area contributed by atoms with Gasteiger partial charge >= 0.3 is 5.51 Å². The van der Waals surface area contributed by atoms with E-state index in [9.17, 15) is 30.0 Å². The lowest BCUT2D eigenvalue weighted by atomic mass is 10.1. The summed E-state index contributed by atoms with van der Waals surface area (Å²) in [5.74, 6) is 0.361. The zero-order valence-corrected chi connectivity index (χ0v) is 33.8. The molecule has 4 aromatic rings. The van der Waals surface area contributed by atoms with Crippen LogP contribution in [0.4, 0.5) is 18.9 Å². The van der Waals surface area contributed by atoms with Gasteiger partial charge in [0.1, 0.15) is 4.90 Å². The van der Waals surface area contributed by atoms with E-state index in [0.717, 1.165) is 27.4 Å². The number of thioether (sulfide) groups is 1. The Labute approximate surface area is 321 Å². The van der Waals surface area contributed by atoms with Gasteiger partial charge in [-0.1, -0.05) is 99.6 Å².